The average molecular weight is 184 g/mol. The minimum Gasteiger partial charge on any atom is -0.450 e. The van der Waals surface area contributed by atoms with Crippen molar-refractivity contribution in [2.45, 2.75) is 13.8 Å². The molecule has 1 unspecified atom stereocenters. The van der Waals surface area contributed by atoms with Gasteiger partial charge in [0.1, 0.15) is 5.75 Å². The van der Waals surface area contributed by atoms with Crippen LogP contribution in [-0.4, -0.2) is 6.61 Å². The van der Waals surface area contributed by atoms with E-state index in [0.717, 1.165) is 5.75 Å². The third-order valence-electron chi connectivity index (χ3n) is 1.35. The Labute approximate surface area is 74.8 Å². The van der Waals surface area contributed by atoms with Crippen molar-refractivity contribution in [1.29, 1.82) is 0 Å². The van der Waals surface area contributed by atoms with Crippen molar-refractivity contribution >= 4 is 9.03 Å². The monoisotopic (exact) mass is 184 g/mol. The van der Waals surface area contributed by atoms with Gasteiger partial charge in [0.25, 0.3) is 0 Å². The maximum absolute atomic E-state index is 5.33. The zero-order chi connectivity index (χ0) is 8.81. The van der Waals surface area contributed by atoms with Crippen LogP contribution in [0.3, 0.4) is 0 Å². The Morgan fingerprint density at radius 1 is 1.42 bits per heavy atom. The van der Waals surface area contributed by atoms with E-state index in [2.05, 4.69) is 0 Å². The maximum atomic E-state index is 5.33. The van der Waals surface area contributed by atoms with Gasteiger partial charge in [-0.3, -0.25) is 0 Å². The molecule has 66 valence electrons. The first-order valence-electron chi connectivity index (χ1n) is 3.93. The fraction of sp³-hybridized carbons (Fsp3) is 0.333. The number of aryl methyl sites for hydroxylation is 1. The first kappa shape index (κ1) is 9.50. The lowest BCUT2D eigenvalue weighted by Gasteiger charge is -2.04. The van der Waals surface area contributed by atoms with Crippen LogP contribution in [0, 0.1) is 6.92 Å². The predicted molar refractivity (Wildman–Crippen MR) is 51.7 cm³/mol. The zero-order valence-corrected chi connectivity index (χ0v) is 8.33. The molecule has 3 heteroatoms. The van der Waals surface area contributed by atoms with Crippen molar-refractivity contribution in [2.75, 3.05) is 6.61 Å². The summed E-state index contributed by atoms with van der Waals surface area (Å²) in [6.45, 7) is 4.69. The van der Waals surface area contributed by atoms with Crippen LogP contribution in [0.25, 0.3) is 0 Å². The lowest BCUT2D eigenvalue weighted by atomic mass is 10.2. The van der Waals surface area contributed by atoms with E-state index in [4.69, 9.17) is 9.05 Å². The Kier molecular flexibility index (Phi) is 4.06. The van der Waals surface area contributed by atoms with Crippen molar-refractivity contribution in [2.24, 2.45) is 0 Å². The van der Waals surface area contributed by atoms with Crippen LogP contribution in [0.5, 0.6) is 5.75 Å². The quantitative estimate of drug-likeness (QED) is 0.529. The van der Waals surface area contributed by atoms with Gasteiger partial charge in [-0.1, -0.05) is 12.1 Å². The lowest BCUT2D eigenvalue weighted by Crippen LogP contribution is -1.82. The van der Waals surface area contributed by atoms with Crippen LogP contribution >= 0.6 is 9.03 Å². The summed E-state index contributed by atoms with van der Waals surface area (Å²) >= 11 is 0. The molecule has 0 spiro atoms. The molecule has 12 heavy (non-hydrogen) atoms. The number of hydrogen-bond acceptors (Lipinski definition) is 2. The second-order valence-corrected chi connectivity index (χ2v) is 3.09. The highest BCUT2D eigenvalue weighted by molar-refractivity contribution is 7.26. The van der Waals surface area contributed by atoms with Crippen molar-refractivity contribution in [3.05, 3.63) is 29.8 Å². The summed E-state index contributed by atoms with van der Waals surface area (Å²) in [6.07, 6.45) is 0. The predicted octanol–water partition coefficient (Wildman–Crippen LogP) is 2.92. The van der Waals surface area contributed by atoms with Gasteiger partial charge in [0.2, 0.25) is 9.03 Å². The van der Waals surface area contributed by atoms with Crippen molar-refractivity contribution in [1.82, 2.24) is 0 Å². The van der Waals surface area contributed by atoms with Crippen LogP contribution in [-0.2, 0) is 4.52 Å². The van der Waals surface area contributed by atoms with E-state index in [9.17, 15) is 0 Å². The van der Waals surface area contributed by atoms with E-state index in [1.54, 1.807) is 0 Å². The van der Waals surface area contributed by atoms with Gasteiger partial charge in [-0.05, 0) is 31.5 Å². The molecule has 0 aliphatic heterocycles. The number of rotatable bonds is 4. The average Bonchev–Trinajstić information content (AvgIpc) is 2.05. The molecule has 0 amide bonds. The largest absolute Gasteiger partial charge is 0.450 e. The van der Waals surface area contributed by atoms with Crippen molar-refractivity contribution in [3.63, 3.8) is 0 Å². The smallest absolute Gasteiger partial charge is 0.215 e. The second kappa shape index (κ2) is 5.13. The Bertz CT molecular complexity index is 238. The first-order valence-corrected chi connectivity index (χ1v) is 4.75. The van der Waals surface area contributed by atoms with E-state index < -0.39 is 0 Å². The number of hydrogen-bond donors (Lipinski definition) is 0. The molecule has 0 saturated carbocycles. The molecule has 0 aliphatic carbocycles. The van der Waals surface area contributed by atoms with Gasteiger partial charge in [0, 0.05) is 0 Å². The fourth-order valence-corrected chi connectivity index (χ4v) is 1.22. The topological polar surface area (TPSA) is 18.5 Å². The highest BCUT2D eigenvalue weighted by Gasteiger charge is 1.92. The van der Waals surface area contributed by atoms with Crippen LogP contribution in [0.4, 0.5) is 0 Å². The van der Waals surface area contributed by atoms with E-state index in [0.29, 0.717) is 6.61 Å². The summed E-state index contributed by atoms with van der Waals surface area (Å²) < 4.78 is 10.4. The summed E-state index contributed by atoms with van der Waals surface area (Å²) in [5, 5.41) is 0. The van der Waals surface area contributed by atoms with Gasteiger partial charge in [0.05, 0.1) is 6.61 Å². The first-order chi connectivity index (χ1) is 5.83. The Morgan fingerprint density at radius 2 is 2.25 bits per heavy atom. The Hall–Kier alpha value is -0.590. The SMILES string of the molecule is CCOPOc1cccc(C)c1. The van der Waals surface area contributed by atoms with E-state index in [1.807, 2.05) is 38.1 Å². The minimum atomic E-state index is 0.106. The molecule has 0 aliphatic rings. The molecule has 0 N–H and O–H groups in total. The molecular weight excluding hydrogens is 171 g/mol. The molecular formula is C9H13O2P. The summed E-state index contributed by atoms with van der Waals surface area (Å²) in [6, 6.07) is 7.93. The standard InChI is InChI=1S/C9H13O2P/c1-3-10-12-11-9-6-4-5-8(2)7-9/h4-7,12H,3H2,1-2H3. The summed E-state index contributed by atoms with van der Waals surface area (Å²) in [7, 11) is 0.106. The van der Waals surface area contributed by atoms with E-state index >= 15 is 0 Å². The number of benzene rings is 1. The van der Waals surface area contributed by atoms with Crippen LogP contribution in [0.15, 0.2) is 24.3 Å². The molecule has 0 fully saturated rings. The van der Waals surface area contributed by atoms with Gasteiger partial charge < -0.3 is 9.05 Å². The Balaban J connectivity index is 2.41. The van der Waals surface area contributed by atoms with Gasteiger partial charge >= 0.3 is 0 Å². The summed E-state index contributed by atoms with van der Waals surface area (Å²) in [4.78, 5) is 0. The summed E-state index contributed by atoms with van der Waals surface area (Å²) in [5.41, 5.74) is 1.20. The van der Waals surface area contributed by atoms with Crippen molar-refractivity contribution in [3.8, 4) is 5.75 Å². The van der Waals surface area contributed by atoms with Crippen LogP contribution < -0.4 is 4.52 Å². The highest BCUT2D eigenvalue weighted by Crippen LogP contribution is 2.21. The molecule has 0 heterocycles. The molecule has 1 aromatic carbocycles. The normalized spacial score (nSPS) is 10.8. The highest BCUT2D eigenvalue weighted by atomic mass is 31.1. The summed E-state index contributed by atoms with van der Waals surface area (Å²) in [5.74, 6) is 0.877. The lowest BCUT2D eigenvalue weighted by molar-refractivity contribution is 0.351. The van der Waals surface area contributed by atoms with Gasteiger partial charge in [0.15, 0.2) is 0 Å². The van der Waals surface area contributed by atoms with Crippen LogP contribution in [0.1, 0.15) is 12.5 Å². The minimum absolute atomic E-state index is 0.106. The Morgan fingerprint density at radius 3 is 2.92 bits per heavy atom. The van der Waals surface area contributed by atoms with Crippen LogP contribution in [0.2, 0.25) is 0 Å². The van der Waals surface area contributed by atoms with Gasteiger partial charge in [-0.2, -0.15) is 0 Å². The second-order valence-electron chi connectivity index (χ2n) is 2.43. The molecule has 1 atom stereocenters. The molecule has 0 aromatic heterocycles. The molecule has 2 nitrogen and oxygen atoms in total. The molecule has 0 bridgehead atoms. The van der Waals surface area contributed by atoms with E-state index in [1.165, 1.54) is 5.56 Å². The van der Waals surface area contributed by atoms with E-state index in [-0.39, 0.29) is 9.03 Å². The molecule has 1 aromatic rings. The molecule has 0 radical (unpaired) electrons. The third-order valence-corrected chi connectivity index (χ3v) is 2.08. The van der Waals surface area contributed by atoms with Crippen molar-refractivity contribution < 1.29 is 9.05 Å². The van der Waals surface area contributed by atoms with Gasteiger partial charge in [-0.15, -0.1) is 0 Å². The maximum Gasteiger partial charge on any atom is 0.215 e. The fourth-order valence-electron chi connectivity index (χ4n) is 0.815. The molecule has 1 rings (SSSR count). The third kappa shape index (κ3) is 3.21. The zero-order valence-electron chi connectivity index (χ0n) is 7.33. The van der Waals surface area contributed by atoms with Gasteiger partial charge in [-0.25, -0.2) is 0 Å². The molecule has 0 saturated heterocycles.